The molecule has 8 heteroatoms. The molecule has 0 spiro atoms. The fourth-order valence-corrected chi connectivity index (χ4v) is 5.63. The van der Waals surface area contributed by atoms with Crippen LogP contribution >= 0.6 is 0 Å². The lowest BCUT2D eigenvalue weighted by atomic mass is 10.1. The van der Waals surface area contributed by atoms with E-state index < -0.39 is 21.1 Å². The molecule has 1 fully saturated rings. The fourth-order valence-electron chi connectivity index (χ4n) is 4.23. The van der Waals surface area contributed by atoms with Crippen LogP contribution in [0.3, 0.4) is 0 Å². The summed E-state index contributed by atoms with van der Waals surface area (Å²) in [5.41, 5.74) is 1.27. The summed E-state index contributed by atoms with van der Waals surface area (Å²) in [7, 11) is -2.35. The third-order valence-corrected chi connectivity index (χ3v) is 8.08. The summed E-state index contributed by atoms with van der Waals surface area (Å²) in [6.07, 6.45) is 2.12. The molecule has 0 N–H and O–H groups in total. The van der Waals surface area contributed by atoms with Gasteiger partial charge in [-0.1, -0.05) is 26.0 Å². The van der Waals surface area contributed by atoms with Crippen molar-refractivity contribution in [3.8, 4) is 0 Å². The van der Waals surface area contributed by atoms with Gasteiger partial charge < -0.3 is 14.4 Å². The van der Waals surface area contributed by atoms with Gasteiger partial charge in [-0.2, -0.15) is 0 Å². The van der Waals surface area contributed by atoms with Crippen molar-refractivity contribution in [1.82, 2.24) is 9.47 Å². The predicted octanol–water partition coefficient (Wildman–Crippen LogP) is 3.21. The highest BCUT2D eigenvalue weighted by molar-refractivity contribution is 7.91. The number of aryl methyl sites for hydroxylation is 2. The van der Waals surface area contributed by atoms with Gasteiger partial charge in [0.25, 0.3) is 0 Å². The number of fused-ring (bicyclic) bond motifs is 1. The lowest BCUT2D eigenvalue weighted by molar-refractivity contribution is 0.270. The van der Waals surface area contributed by atoms with Gasteiger partial charge in [0.05, 0.1) is 21.5 Å². The number of hydrogen-bond acceptors (Lipinski definition) is 5. The van der Waals surface area contributed by atoms with E-state index in [1.165, 1.54) is 24.4 Å². The van der Waals surface area contributed by atoms with E-state index in [2.05, 4.69) is 11.8 Å². The number of aromatic nitrogens is 1. The quantitative estimate of drug-likeness (QED) is 0.589. The average Bonchev–Trinajstić information content (AvgIpc) is 2.81. The predicted molar refractivity (Wildman–Crippen MR) is 125 cm³/mol. The summed E-state index contributed by atoms with van der Waals surface area (Å²) in [5, 5.41) is 0.0622. The number of likely N-dealkylation sites (N-methyl/N-ethyl adjacent to an activating group) is 1. The molecule has 0 bridgehead atoms. The Balaban J connectivity index is 1.79. The van der Waals surface area contributed by atoms with Gasteiger partial charge in [0.2, 0.25) is 15.3 Å². The van der Waals surface area contributed by atoms with E-state index in [1.807, 2.05) is 11.8 Å². The van der Waals surface area contributed by atoms with Gasteiger partial charge >= 0.3 is 0 Å². The second-order valence-electron chi connectivity index (χ2n) is 8.18. The summed E-state index contributed by atoms with van der Waals surface area (Å²) in [6.45, 7) is 8.14. The van der Waals surface area contributed by atoms with Crippen molar-refractivity contribution in [3.05, 3.63) is 64.2 Å². The van der Waals surface area contributed by atoms with E-state index >= 15 is 4.39 Å². The highest BCUT2D eigenvalue weighted by Crippen LogP contribution is 2.27. The minimum Gasteiger partial charge on any atom is -0.367 e. The SMILES string of the molecule is CCc1ccc(S(=O)(=O)c2cn(C)c3cc(N4CCN(CC)CC4)c(F)cc3c2=O)cc1. The van der Waals surface area contributed by atoms with Crippen LogP contribution in [0.4, 0.5) is 10.1 Å². The Kier molecular flexibility index (Phi) is 6.09. The molecule has 3 aromatic rings. The maximum Gasteiger partial charge on any atom is 0.211 e. The minimum atomic E-state index is -4.03. The molecular formula is C24H28FN3O3S. The topological polar surface area (TPSA) is 62.6 Å². The van der Waals surface area contributed by atoms with Crippen LogP contribution in [-0.2, 0) is 23.3 Å². The number of piperazine rings is 1. The van der Waals surface area contributed by atoms with Crippen molar-refractivity contribution in [2.45, 2.75) is 30.1 Å². The second-order valence-corrected chi connectivity index (χ2v) is 10.1. The first-order valence-electron chi connectivity index (χ1n) is 10.9. The van der Waals surface area contributed by atoms with Gasteiger partial charge in [-0.25, -0.2) is 12.8 Å². The van der Waals surface area contributed by atoms with E-state index in [1.54, 1.807) is 29.8 Å². The number of anilines is 1. The zero-order chi connectivity index (χ0) is 23.0. The average molecular weight is 458 g/mol. The zero-order valence-corrected chi connectivity index (χ0v) is 19.5. The van der Waals surface area contributed by atoms with Gasteiger partial charge in [0, 0.05) is 39.4 Å². The zero-order valence-electron chi connectivity index (χ0n) is 18.6. The lowest BCUT2D eigenvalue weighted by Gasteiger charge is -2.35. The third kappa shape index (κ3) is 3.93. The molecule has 0 atom stereocenters. The molecule has 0 saturated carbocycles. The monoisotopic (exact) mass is 457 g/mol. The summed E-state index contributed by atoms with van der Waals surface area (Å²) in [4.78, 5) is 17.2. The number of benzene rings is 2. The molecule has 2 aromatic carbocycles. The van der Waals surface area contributed by atoms with Crippen LogP contribution in [0.2, 0.25) is 0 Å². The van der Waals surface area contributed by atoms with Crippen LogP contribution in [0.25, 0.3) is 10.9 Å². The number of hydrogen-bond donors (Lipinski definition) is 0. The van der Waals surface area contributed by atoms with Gasteiger partial charge in [0.1, 0.15) is 10.7 Å². The van der Waals surface area contributed by atoms with Crippen LogP contribution in [0.15, 0.2) is 57.2 Å². The molecule has 2 heterocycles. The maximum absolute atomic E-state index is 15.1. The Labute approximate surface area is 187 Å². The summed E-state index contributed by atoms with van der Waals surface area (Å²) < 4.78 is 43.0. The fraction of sp³-hybridized carbons (Fsp3) is 0.375. The molecule has 4 rings (SSSR count). The van der Waals surface area contributed by atoms with Crippen molar-refractivity contribution in [2.24, 2.45) is 7.05 Å². The van der Waals surface area contributed by atoms with Crippen molar-refractivity contribution in [2.75, 3.05) is 37.6 Å². The Morgan fingerprint density at radius 3 is 2.25 bits per heavy atom. The van der Waals surface area contributed by atoms with Crippen LogP contribution < -0.4 is 10.3 Å². The van der Waals surface area contributed by atoms with Crippen molar-refractivity contribution >= 4 is 26.4 Å². The largest absolute Gasteiger partial charge is 0.367 e. The molecule has 1 saturated heterocycles. The smallest absolute Gasteiger partial charge is 0.211 e. The van der Waals surface area contributed by atoms with E-state index in [9.17, 15) is 13.2 Å². The molecule has 0 aliphatic carbocycles. The molecule has 32 heavy (non-hydrogen) atoms. The van der Waals surface area contributed by atoms with Crippen molar-refractivity contribution in [3.63, 3.8) is 0 Å². The lowest BCUT2D eigenvalue weighted by Crippen LogP contribution is -2.46. The van der Waals surface area contributed by atoms with E-state index in [0.29, 0.717) is 24.3 Å². The second kappa shape index (κ2) is 8.67. The van der Waals surface area contributed by atoms with Crippen molar-refractivity contribution in [1.29, 1.82) is 0 Å². The molecule has 170 valence electrons. The van der Waals surface area contributed by atoms with Gasteiger partial charge in [-0.05, 0) is 42.8 Å². The molecule has 0 amide bonds. The summed E-state index contributed by atoms with van der Waals surface area (Å²) in [6, 6.07) is 9.33. The van der Waals surface area contributed by atoms with E-state index in [0.717, 1.165) is 31.6 Å². The van der Waals surface area contributed by atoms with Crippen LogP contribution in [0, 0.1) is 5.82 Å². The molecule has 6 nitrogen and oxygen atoms in total. The number of nitrogens with zero attached hydrogens (tertiary/aromatic N) is 3. The highest BCUT2D eigenvalue weighted by Gasteiger charge is 2.25. The Bertz CT molecular complexity index is 1310. The normalized spacial score (nSPS) is 15.4. The van der Waals surface area contributed by atoms with Gasteiger partial charge in [-0.15, -0.1) is 0 Å². The van der Waals surface area contributed by atoms with Crippen LogP contribution in [-0.4, -0.2) is 50.6 Å². The summed E-state index contributed by atoms with van der Waals surface area (Å²) >= 11 is 0. The molecule has 0 radical (unpaired) electrons. The number of sulfone groups is 1. The molecule has 1 aromatic heterocycles. The molecule has 1 aliphatic rings. The highest BCUT2D eigenvalue weighted by atomic mass is 32.2. The van der Waals surface area contributed by atoms with E-state index in [-0.39, 0.29) is 15.2 Å². The maximum atomic E-state index is 15.1. The Hall–Kier alpha value is -2.71. The van der Waals surface area contributed by atoms with Crippen LogP contribution in [0.5, 0.6) is 0 Å². The standard InChI is InChI=1S/C24H28FN3O3S/c1-4-17-6-8-18(9-7-17)32(30,31)23-16-26(3)21-15-22(20(25)14-19(21)24(23)29)28-12-10-27(5-2)11-13-28/h6-9,14-16H,4-5,10-13H2,1-3H3. The van der Waals surface area contributed by atoms with Crippen LogP contribution in [0.1, 0.15) is 19.4 Å². The van der Waals surface area contributed by atoms with Crippen molar-refractivity contribution < 1.29 is 12.8 Å². The first-order valence-corrected chi connectivity index (χ1v) is 12.4. The first kappa shape index (κ1) is 22.5. The number of pyridine rings is 1. The molecular weight excluding hydrogens is 429 g/mol. The minimum absolute atomic E-state index is 0.0528. The van der Waals surface area contributed by atoms with Gasteiger partial charge in [0.15, 0.2) is 0 Å². The molecule has 0 unspecified atom stereocenters. The Morgan fingerprint density at radius 1 is 1.00 bits per heavy atom. The molecule has 1 aliphatic heterocycles. The first-order chi connectivity index (χ1) is 15.3. The summed E-state index contributed by atoms with van der Waals surface area (Å²) in [5.74, 6) is -0.513. The number of halogens is 1. The van der Waals surface area contributed by atoms with Gasteiger partial charge in [-0.3, -0.25) is 4.79 Å². The number of rotatable bonds is 5. The third-order valence-electron chi connectivity index (χ3n) is 6.32. The Morgan fingerprint density at radius 2 is 1.66 bits per heavy atom. The van der Waals surface area contributed by atoms with E-state index in [4.69, 9.17) is 0 Å².